The lowest BCUT2D eigenvalue weighted by Gasteiger charge is -2.24. The zero-order valence-corrected chi connectivity index (χ0v) is 14.3. The maximum absolute atomic E-state index is 12.0. The van der Waals surface area contributed by atoms with Crippen molar-refractivity contribution in [2.45, 2.75) is 52.4 Å². The van der Waals surface area contributed by atoms with Gasteiger partial charge in [0.05, 0.1) is 25.2 Å². The fourth-order valence-electron chi connectivity index (χ4n) is 2.01. The first-order chi connectivity index (χ1) is 10.3. The molecular formula is C18H28O4. The zero-order valence-electron chi connectivity index (χ0n) is 14.3. The predicted molar refractivity (Wildman–Crippen MR) is 86.5 cm³/mol. The molecule has 0 bridgehead atoms. The van der Waals surface area contributed by atoms with Crippen molar-refractivity contribution < 1.29 is 19.0 Å². The maximum Gasteiger partial charge on any atom is 0.309 e. The highest BCUT2D eigenvalue weighted by Gasteiger charge is 2.24. The Balaban J connectivity index is 2.36. The highest BCUT2D eigenvalue weighted by atomic mass is 16.6. The largest absolute Gasteiger partial charge is 0.460 e. The van der Waals surface area contributed by atoms with E-state index < -0.39 is 5.60 Å². The van der Waals surface area contributed by atoms with Crippen molar-refractivity contribution >= 4 is 5.97 Å². The minimum atomic E-state index is -0.461. The predicted octanol–water partition coefficient (Wildman–Crippen LogP) is 3.59. The smallest absolute Gasteiger partial charge is 0.309 e. The van der Waals surface area contributed by atoms with Crippen molar-refractivity contribution in [1.29, 1.82) is 0 Å². The summed E-state index contributed by atoms with van der Waals surface area (Å²) < 4.78 is 16.5. The summed E-state index contributed by atoms with van der Waals surface area (Å²) in [4.78, 5) is 12.0. The summed E-state index contributed by atoms with van der Waals surface area (Å²) in [7, 11) is 1.64. The van der Waals surface area contributed by atoms with Crippen LogP contribution in [0.5, 0.6) is 0 Å². The zero-order chi connectivity index (χ0) is 16.6. The normalized spacial score (nSPS) is 14.4. The Labute approximate surface area is 133 Å². The molecule has 0 aliphatic heterocycles. The summed E-state index contributed by atoms with van der Waals surface area (Å²) in [6.07, 6.45) is 0.464. The average Bonchev–Trinajstić information content (AvgIpc) is 2.45. The molecule has 0 N–H and O–H groups in total. The van der Waals surface area contributed by atoms with Crippen LogP contribution >= 0.6 is 0 Å². The number of carbonyl (C=O) groups excluding carboxylic acids is 1. The van der Waals surface area contributed by atoms with Crippen LogP contribution in [0, 0.1) is 5.92 Å². The summed E-state index contributed by atoms with van der Waals surface area (Å²) in [5.41, 5.74) is 0.662. The van der Waals surface area contributed by atoms with Crippen LogP contribution in [0.2, 0.25) is 0 Å². The molecule has 4 nitrogen and oxygen atoms in total. The number of benzene rings is 1. The number of hydrogen-bond acceptors (Lipinski definition) is 4. The van der Waals surface area contributed by atoms with Crippen LogP contribution in [0.4, 0.5) is 0 Å². The van der Waals surface area contributed by atoms with Gasteiger partial charge in [0.1, 0.15) is 5.60 Å². The molecular weight excluding hydrogens is 280 g/mol. The first-order valence-electron chi connectivity index (χ1n) is 7.69. The van der Waals surface area contributed by atoms with Gasteiger partial charge in [-0.05, 0) is 32.8 Å². The summed E-state index contributed by atoms with van der Waals surface area (Å²) in [6, 6.07) is 9.98. The fourth-order valence-corrected chi connectivity index (χ4v) is 2.01. The Hall–Kier alpha value is -1.39. The molecule has 22 heavy (non-hydrogen) atoms. The number of methoxy groups -OCH3 is 1. The van der Waals surface area contributed by atoms with Gasteiger partial charge in [0.25, 0.3) is 0 Å². The first kappa shape index (κ1) is 18.7. The van der Waals surface area contributed by atoms with E-state index in [4.69, 9.17) is 14.2 Å². The van der Waals surface area contributed by atoms with Gasteiger partial charge in [-0.2, -0.15) is 0 Å². The maximum atomic E-state index is 12.0. The molecule has 0 aliphatic rings. The molecule has 124 valence electrons. The highest BCUT2D eigenvalue weighted by Crippen LogP contribution is 2.16. The van der Waals surface area contributed by atoms with Crippen LogP contribution in [0.3, 0.4) is 0 Å². The molecule has 1 aromatic rings. The van der Waals surface area contributed by atoms with Crippen molar-refractivity contribution in [2.75, 3.05) is 13.7 Å². The fraction of sp³-hybridized carbons (Fsp3) is 0.611. The Bertz CT molecular complexity index is 436. The van der Waals surface area contributed by atoms with Crippen LogP contribution in [0.25, 0.3) is 0 Å². The van der Waals surface area contributed by atoms with Crippen molar-refractivity contribution in [2.24, 2.45) is 5.92 Å². The molecule has 0 saturated carbocycles. The molecule has 0 heterocycles. The van der Waals surface area contributed by atoms with Gasteiger partial charge in [-0.25, -0.2) is 0 Å². The third-order valence-electron chi connectivity index (χ3n) is 3.17. The molecule has 2 atom stereocenters. The van der Waals surface area contributed by atoms with E-state index in [0.29, 0.717) is 19.6 Å². The second-order valence-corrected chi connectivity index (χ2v) is 6.53. The topological polar surface area (TPSA) is 44.8 Å². The number of hydrogen-bond donors (Lipinski definition) is 0. The molecule has 1 rings (SSSR count). The van der Waals surface area contributed by atoms with E-state index in [-0.39, 0.29) is 18.0 Å². The van der Waals surface area contributed by atoms with E-state index in [9.17, 15) is 4.79 Å². The van der Waals surface area contributed by atoms with E-state index in [1.165, 1.54) is 0 Å². The van der Waals surface area contributed by atoms with Gasteiger partial charge < -0.3 is 14.2 Å². The monoisotopic (exact) mass is 308 g/mol. The van der Waals surface area contributed by atoms with Crippen LogP contribution in [-0.4, -0.2) is 31.4 Å². The average molecular weight is 308 g/mol. The van der Waals surface area contributed by atoms with Crippen molar-refractivity contribution in [3.05, 3.63) is 35.9 Å². The van der Waals surface area contributed by atoms with Crippen molar-refractivity contribution in [3.8, 4) is 0 Å². The summed E-state index contributed by atoms with van der Waals surface area (Å²) in [6.45, 7) is 8.47. The van der Waals surface area contributed by atoms with E-state index in [0.717, 1.165) is 5.56 Å². The Morgan fingerprint density at radius 1 is 1.18 bits per heavy atom. The third kappa shape index (κ3) is 7.57. The first-order valence-corrected chi connectivity index (χ1v) is 7.69. The van der Waals surface area contributed by atoms with E-state index in [2.05, 4.69) is 0 Å². The number of rotatable bonds is 8. The highest BCUT2D eigenvalue weighted by molar-refractivity contribution is 5.72. The second-order valence-electron chi connectivity index (χ2n) is 6.53. The Morgan fingerprint density at radius 3 is 2.36 bits per heavy atom. The Morgan fingerprint density at radius 2 is 1.82 bits per heavy atom. The third-order valence-corrected chi connectivity index (χ3v) is 3.17. The molecule has 0 amide bonds. The second kappa shape index (κ2) is 8.91. The molecule has 0 radical (unpaired) electrons. The van der Waals surface area contributed by atoms with Crippen LogP contribution < -0.4 is 0 Å². The van der Waals surface area contributed by atoms with E-state index >= 15 is 0 Å². The van der Waals surface area contributed by atoms with Gasteiger partial charge >= 0.3 is 5.97 Å². The Kier molecular flexibility index (Phi) is 7.56. The molecule has 0 fully saturated rings. The summed E-state index contributed by atoms with van der Waals surface area (Å²) >= 11 is 0. The van der Waals surface area contributed by atoms with Gasteiger partial charge in [-0.15, -0.1) is 0 Å². The minimum absolute atomic E-state index is 0.119. The van der Waals surface area contributed by atoms with E-state index in [1.807, 2.05) is 58.0 Å². The van der Waals surface area contributed by atoms with Crippen LogP contribution in [0.1, 0.15) is 39.7 Å². The van der Waals surface area contributed by atoms with Crippen LogP contribution in [0.15, 0.2) is 30.3 Å². The standard InChI is InChI=1S/C18H28O4/c1-14(17(19)22-18(2,3)4)11-16(20-5)13-21-12-15-9-7-6-8-10-15/h6-10,14,16H,11-13H2,1-5H3. The van der Waals surface area contributed by atoms with Crippen molar-refractivity contribution in [1.82, 2.24) is 0 Å². The lowest BCUT2D eigenvalue weighted by atomic mass is 10.0. The van der Waals surface area contributed by atoms with E-state index in [1.54, 1.807) is 7.11 Å². The van der Waals surface area contributed by atoms with Gasteiger partial charge in [0, 0.05) is 7.11 Å². The lowest BCUT2D eigenvalue weighted by molar-refractivity contribution is -0.160. The minimum Gasteiger partial charge on any atom is -0.460 e. The molecule has 4 heteroatoms. The molecule has 0 saturated heterocycles. The summed E-state index contributed by atoms with van der Waals surface area (Å²) in [5, 5.41) is 0. The molecule has 0 aromatic heterocycles. The van der Waals surface area contributed by atoms with Crippen LogP contribution in [-0.2, 0) is 25.6 Å². The molecule has 1 aromatic carbocycles. The lowest BCUT2D eigenvalue weighted by Crippen LogP contribution is -2.31. The number of carbonyl (C=O) groups is 1. The van der Waals surface area contributed by atoms with Gasteiger partial charge in [-0.3, -0.25) is 4.79 Å². The van der Waals surface area contributed by atoms with Gasteiger partial charge in [-0.1, -0.05) is 37.3 Å². The molecule has 0 spiro atoms. The SMILES string of the molecule is COC(COCc1ccccc1)CC(C)C(=O)OC(C)(C)C. The van der Waals surface area contributed by atoms with Gasteiger partial charge in [0.2, 0.25) is 0 Å². The quantitative estimate of drug-likeness (QED) is 0.689. The van der Waals surface area contributed by atoms with Crippen molar-refractivity contribution in [3.63, 3.8) is 0 Å². The number of esters is 1. The molecule has 2 unspecified atom stereocenters. The summed E-state index contributed by atoms with van der Waals surface area (Å²) in [5.74, 6) is -0.415. The number of ether oxygens (including phenoxy) is 3. The molecule has 0 aliphatic carbocycles. The van der Waals surface area contributed by atoms with Gasteiger partial charge in [0.15, 0.2) is 0 Å².